The van der Waals surface area contributed by atoms with Crippen LogP contribution in [0.25, 0.3) is 11.4 Å². The van der Waals surface area contributed by atoms with Crippen LogP contribution in [-0.2, 0) is 19.4 Å². The van der Waals surface area contributed by atoms with Gasteiger partial charge in [-0.1, -0.05) is 41.9 Å². The lowest BCUT2D eigenvalue weighted by molar-refractivity contribution is 0.370. The minimum Gasteiger partial charge on any atom is -0.339 e. The highest BCUT2D eigenvalue weighted by Gasteiger charge is 2.10. The predicted octanol–water partition coefficient (Wildman–Crippen LogP) is 3.02. The van der Waals surface area contributed by atoms with Gasteiger partial charge in [0.1, 0.15) is 5.82 Å². The highest BCUT2D eigenvalue weighted by Crippen LogP contribution is 2.16. The van der Waals surface area contributed by atoms with Gasteiger partial charge in [0.25, 0.3) is 0 Å². The van der Waals surface area contributed by atoms with Gasteiger partial charge in [-0.05, 0) is 13.8 Å². The van der Waals surface area contributed by atoms with Crippen LogP contribution >= 0.6 is 0 Å². The molecule has 1 unspecified atom stereocenters. The molecule has 0 aliphatic rings. The Kier molecular flexibility index (Phi) is 5.60. The number of rotatable bonds is 8. The highest BCUT2D eigenvalue weighted by atomic mass is 16.5. The molecule has 3 rings (SSSR count). The fraction of sp³-hybridized carbons (Fsp3) is 0.421. The van der Waals surface area contributed by atoms with Crippen molar-refractivity contribution in [1.82, 2.24) is 25.0 Å². The second kappa shape index (κ2) is 8.07. The first-order valence-electron chi connectivity index (χ1n) is 8.78. The number of imidazole rings is 1. The van der Waals surface area contributed by atoms with E-state index in [9.17, 15) is 0 Å². The van der Waals surface area contributed by atoms with E-state index in [1.54, 1.807) is 0 Å². The Bertz CT molecular complexity index is 790. The molecule has 2 heterocycles. The molecular formula is C19H25N5O. The van der Waals surface area contributed by atoms with E-state index in [1.165, 1.54) is 5.56 Å². The average molecular weight is 339 g/mol. The zero-order valence-corrected chi connectivity index (χ0v) is 15.1. The topological polar surface area (TPSA) is 68.8 Å². The molecule has 0 amide bonds. The largest absolute Gasteiger partial charge is 0.339 e. The van der Waals surface area contributed by atoms with Gasteiger partial charge in [-0.25, -0.2) is 4.98 Å². The smallest absolute Gasteiger partial charge is 0.228 e. The summed E-state index contributed by atoms with van der Waals surface area (Å²) in [7, 11) is 0. The lowest BCUT2D eigenvalue weighted by Gasteiger charge is -2.15. The summed E-state index contributed by atoms with van der Waals surface area (Å²) in [5.74, 6) is 2.43. The van der Waals surface area contributed by atoms with Crippen LogP contribution in [-0.4, -0.2) is 32.3 Å². The Labute approximate surface area is 148 Å². The van der Waals surface area contributed by atoms with Crippen molar-refractivity contribution in [2.24, 2.45) is 0 Å². The molecular weight excluding hydrogens is 314 g/mol. The standard InChI is InChI=1S/C19H25N5O/c1-4-17-21-11-12-24(17)13-15(3)20-10-9-18-22-19(23-25-18)16-7-5-14(2)6-8-16/h5-8,11-12,15,20H,4,9-10,13H2,1-3H3. The van der Waals surface area contributed by atoms with Gasteiger partial charge < -0.3 is 14.4 Å². The normalized spacial score (nSPS) is 12.4. The zero-order valence-electron chi connectivity index (χ0n) is 15.1. The molecule has 1 N–H and O–H groups in total. The first-order chi connectivity index (χ1) is 12.2. The van der Waals surface area contributed by atoms with Gasteiger partial charge in [0.05, 0.1) is 0 Å². The third-order valence-electron chi connectivity index (χ3n) is 4.20. The van der Waals surface area contributed by atoms with Gasteiger partial charge in [0, 0.05) is 49.9 Å². The molecule has 0 saturated carbocycles. The van der Waals surface area contributed by atoms with Crippen LogP contribution in [0.2, 0.25) is 0 Å². The molecule has 0 spiro atoms. The van der Waals surface area contributed by atoms with Crippen molar-refractivity contribution in [3.05, 3.63) is 53.9 Å². The molecule has 1 aromatic carbocycles. The third-order valence-corrected chi connectivity index (χ3v) is 4.20. The molecule has 0 aliphatic heterocycles. The maximum Gasteiger partial charge on any atom is 0.228 e. The van der Waals surface area contributed by atoms with E-state index < -0.39 is 0 Å². The van der Waals surface area contributed by atoms with E-state index in [4.69, 9.17) is 4.52 Å². The molecule has 0 radical (unpaired) electrons. The number of nitrogens with one attached hydrogen (secondary N) is 1. The zero-order chi connectivity index (χ0) is 17.6. The van der Waals surface area contributed by atoms with Crippen molar-refractivity contribution >= 4 is 0 Å². The quantitative estimate of drug-likeness (QED) is 0.683. The molecule has 6 heteroatoms. The molecule has 2 aromatic heterocycles. The number of nitrogens with zero attached hydrogens (tertiary/aromatic N) is 4. The summed E-state index contributed by atoms with van der Waals surface area (Å²) in [6.07, 6.45) is 5.55. The SMILES string of the molecule is CCc1nccn1CC(C)NCCc1nc(-c2ccc(C)cc2)no1. The molecule has 25 heavy (non-hydrogen) atoms. The van der Waals surface area contributed by atoms with Gasteiger partial charge in [-0.15, -0.1) is 0 Å². The second-order valence-corrected chi connectivity index (χ2v) is 6.33. The van der Waals surface area contributed by atoms with E-state index >= 15 is 0 Å². The van der Waals surface area contributed by atoms with E-state index in [0.29, 0.717) is 24.2 Å². The number of aryl methyl sites for hydroxylation is 2. The Hall–Kier alpha value is -2.47. The maximum atomic E-state index is 5.36. The van der Waals surface area contributed by atoms with E-state index in [1.807, 2.05) is 24.5 Å². The third kappa shape index (κ3) is 4.54. The monoisotopic (exact) mass is 339 g/mol. The van der Waals surface area contributed by atoms with Crippen molar-refractivity contribution in [2.75, 3.05) is 6.54 Å². The van der Waals surface area contributed by atoms with Gasteiger partial charge in [-0.3, -0.25) is 0 Å². The summed E-state index contributed by atoms with van der Waals surface area (Å²) in [6, 6.07) is 8.48. The summed E-state index contributed by atoms with van der Waals surface area (Å²) in [5, 5.41) is 7.57. The Morgan fingerprint density at radius 1 is 1.24 bits per heavy atom. The van der Waals surface area contributed by atoms with Crippen LogP contribution in [0, 0.1) is 6.92 Å². The van der Waals surface area contributed by atoms with Crippen LogP contribution in [0.1, 0.15) is 31.1 Å². The minimum absolute atomic E-state index is 0.346. The van der Waals surface area contributed by atoms with Gasteiger partial charge in [-0.2, -0.15) is 4.98 Å². The molecule has 0 aliphatic carbocycles. The second-order valence-electron chi connectivity index (χ2n) is 6.33. The number of hydrogen-bond donors (Lipinski definition) is 1. The average Bonchev–Trinajstić information content (AvgIpc) is 3.25. The van der Waals surface area contributed by atoms with Crippen molar-refractivity contribution in [3.63, 3.8) is 0 Å². The molecule has 3 aromatic rings. The van der Waals surface area contributed by atoms with Crippen LogP contribution < -0.4 is 5.32 Å². The summed E-state index contributed by atoms with van der Waals surface area (Å²) >= 11 is 0. The Morgan fingerprint density at radius 3 is 2.80 bits per heavy atom. The molecule has 1 atom stereocenters. The molecule has 6 nitrogen and oxygen atoms in total. The van der Waals surface area contributed by atoms with E-state index in [2.05, 4.69) is 57.9 Å². The summed E-state index contributed by atoms with van der Waals surface area (Å²) in [5.41, 5.74) is 2.20. The van der Waals surface area contributed by atoms with E-state index in [-0.39, 0.29) is 0 Å². The number of hydrogen-bond acceptors (Lipinski definition) is 5. The first kappa shape index (κ1) is 17.4. The van der Waals surface area contributed by atoms with E-state index in [0.717, 1.165) is 30.9 Å². The lowest BCUT2D eigenvalue weighted by atomic mass is 10.1. The molecule has 0 fully saturated rings. The maximum absolute atomic E-state index is 5.36. The molecule has 0 saturated heterocycles. The van der Waals surface area contributed by atoms with Crippen LogP contribution in [0.15, 0.2) is 41.2 Å². The van der Waals surface area contributed by atoms with Crippen LogP contribution in [0.5, 0.6) is 0 Å². The lowest BCUT2D eigenvalue weighted by Crippen LogP contribution is -2.32. The molecule has 132 valence electrons. The van der Waals surface area contributed by atoms with Crippen molar-refractivity contribution in [3.8, 4) is 11.4 Å². The molecule has 0 bridgehead atoms. The predicted molar refractivity (Wildman–Crippen MR) is 97.2 cm³/mol. The first-order valence-corrected chi connectivity index (χ1v) is 8.78. The number of aromatic nitrogens is 4. The van der Waals surface area contributed by atoms with Gasteiger partial charge in [0.2, 0.25) is 11.7 Å². The highest BCUT2D eigenvalue weighted by molar-refractivity contribution is 5.54. The Morgan fingerprint density at radius 2 is 2.04 bits per heavy atom. The fourth-order valence-corrected chi connectivity index (χ4v) is 2.78. The van der Waals surface area contributed by atoms with Crippen LogP contribution in [0.4, 0.5) is 0 Å². The summed E-state index contributed by atoms with van der Waals surface area (Å²) < 4.78 is 7.55. The van der Waals surface area contributed by atoms with Gasteiger partial charge in [0.15, 0.2) is 0 Å². The van der Waals surface area contributed by atoms with Crippen molar-refractivity contribution < 1.29 is 4.52 Å². The van der Waals surface area contributed by atoms with Gasteiger partial charge >= 0.3 is 0 Å². The number of benzene rings is 1. The van der Waals surface area contributed by atoms with Crippen LogP contribution in [0.3, 0.4) is 0 Å². The van der Waals surface area contributed by atoms with Crippen molar-refractivity contribution in [1.29, 1.82) is 0 Å². The Balaban J connectivity index is 1.48. The summed E-state index contributed by atoms with van der Waals surface area (Å²) in [6.45, 7) is 8.06. The van der Waals surface area contributed by atoms with Crippen molar-refractivity contribution in [2.45, 2.75) is 46.2 Å². The summed E-state index contributed by atoms with van der Waals surface area (Å²) in [4.78, 5) is 8.83. The minimum atomic E-state index is 0.346. The fourth-order valence-electron chi connectivity index (χ4n) is 2.78.